The number of hydrogen-bond acceptors (Lipinski definition) is 7. The summed E-state index contributed by atoms with van der Waals surface area (Å²) < 4.78 is 20.2. The van der Waals surface area contributed by atoms with Gasteiger partial charge in [-0.05, 0) is 19.3 Å². The Labute approximate surface area is 204 Å². The summed E-state index contributed by atoms with van der Waals surface area (Å²) in [5, 5.41) is 0. The number of carbonyl (C=O) groups is 2. The van der Waals surface area contributed by atoms with E-state index in [0.717, 1.165) is 31.5 Å². The first-order valence-electron chi connectivity index (χ1n) is 12.4. The molecule has 10 heteroatoms. The van der Waals surface area contributed by atoms with Gasteiger partial charge in [0, 0.05) is 76.2 Å². The maximum atomic E-state index is 13.0. The lowest BCUT2D eigenvalue weighted by atomic mass is 10.1. The highest BCUT2D eigenvalue weighted by atomic mass is 16.5. The van der Waals surface area contributed by atoms with E-state index in [1.165, 1.54) is 13.2 Å². The molecule has 0 aromatic carbocycles. The fourth-order valence-electron chi connectivity index (χ4n) is 4.79. The van der Waals surface area contributed by atoms with Crippen LogP contribution in [0.15, 0.2) is 23.3 Å². The van der Waals surface area contributed by atoms with Crippen LogP contribution in [0.2, 0.25) is 0 Å². The van der Waals surface area contributed by atoms with E-state index in [0.29, 0.717) is 51.3 Å². The van der Waals surface area contributed by atoms with Crippen LogP contribution in [0.5, 0.6) is 5.75 Å². The van der Waals surface area contributed by atoms with E-state index in [1.54, 1.807) is 15.7 Å². The summed E-state index contributed by atoms with van der Waals surface area (Å²) >= 11 is 0. The van der Waals surface area contributed by atoms with Crippen LogP contribution in [0, 0.1) is 0 Å². The minimum atomic E-state index is -0.555. The summed E-state index contributed by atoms with van der Waals surface area (Å²) in [6.45, 7) is 4.65. The third-order valence-electron chi connectivity index (χ3n) is 6.72. The number of hydrogen-bond donors (Lipinski definition) is 0. The van der Waals surface area contributed by atoms with E-state index < -0.39 is 5.97 Å². The molecule has 10 nitrogen and oxygen atoms in total. The first-order valence-corrected chi connectivity index (χ1v) is 12.4. The van der Waals surface area contributed by atoms with Gasteiger partial charge in [-0.2, -0.15) is 0 Å². The van der Waals surface area contributed by atoms with Crippen LogP contribution in [0.1, 0.15) is 54.5 Å². The van der Waals surface area contributed by atoms with E-state index in [9.17, 15) is 14.4 Å². The van der Waals surface area contributed by atoms with Crippen molar-refractivity contribution in [2.24, 2.45) is 0 Å². The van der Waals surface area contributed by atoms with Gasteiger partial charge in [0.2, 0.25) is 5.91 Å². The van der Waals surface area contributed by atoms with Gasteiger partial charge < -0.3 is 28.2 Å². The van der Waals surface area contributed by atoms with Crippen LogP contribution in [0.4, 0.5) is 0 Å². The van der Waals surface area contributed by atoms with Crippen LogP contribution in [-0.2, 0) is 40.2 Å². The molecule has 0 spiro atoms. The monoisotopic (exact) mass is 486 g/mol. The number of aromatic nitrogens is 3. The van der Waals surface area contributed by atoms with E-state index in [2.05, 4.69) is 4.98 Å². The molecule has 0 radical (unpaired) electrons. The highest BCUT2D eigenvalue weighted by Gasteiger charge is 2.28. The van der Waals surface area contributed by atoms with Crippen molar-refractivity contribution >= 4 is 11.9 Å². The van der Waals surface area contributed by atoms with Crippen molar-refractivity contribution in [3.8, 4) is 5.75 Å². The van der Waals surface area contributed by atoms with Gasteiger partial charge in [0.25, 0.3) is 5.56 Å². The Morgan fingerprint density at radius 2 is 2.09 bits per heavy atom. The topological polar surface area (TPSA) is 105 Å². The Bertz CT molecular complexity index is 1100. The molecule has 0 N–H and O–H groups in total. The van der Waals surface area contributed by atoms with Crippen molar-refractivity contribution in [1.29, 1.82) is 0 Å². The third kappa shape index (κ3) is 5.75. The number of imidazole rings is 1. The van der Waals surface area contributed by atoms with Gasteiger partial charge in [-0.25, -0.2) is 9.78 Å². The molecule has 190 valence electrons. The third-order valence-corrected chi connectivity index (χ3v) is 6.72. The molecule has 0 aliphatic carbocycles. The molecule has 0 saturated carbocycles. The normalized spacial score (nSPS) is 18.0. The zero-order valence-corrected chi connectivity index (χ0v) is 20.5. The number of ether oxygens (including phenoxy) is 3. The van der Waals surface area contributed by atoms with E-state index in [4.69, 9.17) is 14.2 Å². The number of fused-ring (bicyclic) bond motifs is 1. The molecule has 2 aromatic heterocycles. The van der Waals surface area contributed by atoms with Gasteiger partial charge in [-0.1, -0.05) is 6.92 Å². The maximum absolute atomic E-state index is 13.0. The van der Waals surface area contributed by atoms with Crippen LogP contribution in [0.25, 0.3) is 0 Å². The standard InChI is InChI=1S/C25H34N4O6/c1-3-21-26-9-12-27(21)11-8-22(30)28-10-7-19-24(25(32)33-2)20(16-23(31)29(19)14-13-28)35-17-18-6-4-5-15-34-18/h9,12,16,18H,3-8,10-11,13-15,17H2,1-2H3. The molecule has 0 bridgehead atoms. The molecule has 4 rings (SSSR count). The number of esters is 1. The lowest BCUT2D eigenvalue weighted by Gasteiger charge is -2.24. The Morgan fingerprint density at radius 1 is 1.23 bits per heavy atom. The van der Waals surface area contributed by atoms with Crippen LogP contribution < -0.4 is 10.3 Å². The second-order valence-electron chi connectivity index (χ2n) is 8.88. The zero-order chi connectivity index (χ0) is 24.8. The molecule has 4 heterocycles. The highest BCUT2D eigenvalue weighted by Crippen LogP contribution is 2.25. The molecular formula is C25H34N4O6. The molecule has 2 aromatic rings. The molecule has 1 saturated heterocycles. The summed E-state index contributed by atoms with van der Waals surface area (Å²) in [7, 11) is 1.31. The average molecular weight is 487 g/mol. The van der Waals surface area contributed by atoms with Crippen LogP contribution >= 0.6 is 0 Å². The Kier molecular flexibility index (Phi) is 8.22. The molecule has 1 atom stereocenters. The molecule has 1 amide bonds. The van der Waals surface area contributed by atoms with Crippen LogP contribution in [0.3, 0.4) is 0 Å². The van der Waals surface area contributed by atoms with Gasteiger partial charge in [0.1, 0.15) is 23.7 Å². The van der Waals surface area contributed by atoms with Gasteiger partial charge in [0.15, 0.2) is 0 Å². The summed E-state index contributed by atoms with van der Waals surface area (Å²) in [6.07, 6.45) is 8.04. The number of carbonyl (C=O) groups excluding carboxylic acids is 2. The first-order chi connectivity index (χ1) is 17.0. The summed E-state index contributed by atoms with van der Waals surface area (Å²) in [6, 6.07) is 1.35. The largest absolute Gasteiger partial charge is 0.490 e. The lowest BCUT2D eigenvalue weighted by Crippen LogP contribution is -2.34. The van der Waals surface area contributed by atoms with E-state index in [-0.39, 0.29) is 35.5 Å². The zero-order valence-electron chi connectivity index (χ0n) is 20.5. The number of nitrogens with zero attached hydrogens (tertiary/aromatic N) is 4. The fraction of sp³-hybridized carbons (Fsp3) is 0.600. The van der Waals surface area contributed by atoms with Crippen molar-refractivity contribution in [2.45, 2.75) is 64.6 Å². The first kappa shape index (κ1) is 25.0. The number of methoxy groups -OCH3 is 1. The average Bonchev–Trinajstić information content (AvgIpc) is 3.22. The number of amides is 1. The van der Waals surface area contributed by atoms with Crippen molar-refractivity contribution < 1.29 is 23.8 Å². The van der Waals surface area contributed by atoms with Gasteiger partial charge in [-0.15, -0.1) is 0 Å². The summed E-state index contributed by atoms with van der Waals surface area (Å²) in [4.78, 5) is 44.8. The van der Waals surface area contributed by atoms with Crippen molar-refractivity contribution in [2.75, 3.05) is 33.4 Å². The van der Waals surface area contributed by atoms with E-state index >= 15 is 0 Å². The maximum Gasteiger partial charge on any atom is 0.343 e. The summed E-state index contributed by atoms with van der Waals surface area (Å²) in [5.74, 6) is 0.614. The number of rotatable bonds is 8. The van der Waals surface area contributed by atoms with Gasteiger partial charge >= 0.3 is 5.97 Å². The fourth-order valence-corrected chi connectivity index (χ4v) is 4.79. The molecule has 35 heavy (non-hydrogen) atoms. The highest BCUT2D eigenvalue weighted by molar-refractivity contribution is 5.93. The van der Waals surface area contributed by atoms with Crippen molar-refractivity contribution in [3.63, 3.8) is 0 Å². The van der Waals surface area contributed by atoms with Crippen molar-refractivity contribution in [1.82, 2.24) is 19.0 Å². The van der Waals surface area contributed by atoms with Gasteiger partial charge in [-0.3, -0.25) is 9.59 Å². The molecule has 1 fully saturated rings. The number of pyridine rings is 1. The summed E-state index contributed by atoms with van der Waals surface area (Å²) in [5.41, 5.74) is 0.540. The Balaban J connectivity index is 1.49. The van der Waals surface area contributed by atoms with Crippen LogP contribution in [-0.4, -0.2) is 70.4 Å². The molecule has 1 unspecified atom stereocenters. The predicted molar refractivity (Wildman–Crippen MR) is 128 cm³/mol. The second kappa shape index (κ2) is 11.5. The smallest absolute Gasteiger partial charge is 0.343 e. The molecule has 2 aliphatic rings. The molecular weight excluding hydrogens is 452 g/mol. The lowest BCUT2D eigenvalue weighted by molar-refractivity contribution is -0.131. The predicted octanol–water partition coefficient (Wildman–Crippen LogP) is 1.82. The SMILES string of the molecule is CCc1nccn1CCC(=O)N1CCc2c(C(=O)OC)c(OCC3CCCCO3)cc(=O)n2CC1. The molecule has 2 aliphatic heterocycles. The Morgan fingerprint density at radius 3 is 2.83 bits per heavy atom. The Hall–Kier alpha value is -3.14. The minimum Gasteiger partial charge on any atom is -0.490 e. The second-order valence-corrected chi connectivity index (χ2v) is 8.88. The van der Waals surface area contributed by atoms with Crippen molar-refractivity contribution in [3.05, 3.63) is 45.9 Å². The quantitative estimate of drug-likeness (QED) is 0.524. The number of aryl methyl sites for hydroxylation is 2. The van der Waals surface area contributed by atoms with Gasteiger partial charge in [0.05, 0.1) is 13.2 Å². The van der Waals surface area contributed by atoms with E-state index in [1.807, 2.05) is 17.7 Å². The minimum absolute atomic E-state index is 0.00662.